The van der Waals surface area contributed by atoms with E-state index in [1.165, 1.54) is 0 Å². The van der Waals surface area contributed by atoms with E-state index in [2.05, 4.69) is 5.32 Å². The Labute approximate surface area is 140 Å². The maximum atomic E-state index is 13.2. The number of sulfonamides is 1. The Kier molecular flexibility index (Phi) is 5.97. The van der Waals surface area contributed by atoms with E-state index in [0.717, 1.165) is 4.90 Å². The maximum absolute atomic E-state index is 13.2. The molecule has 0 spiro atoms. The zero-order chi connectivity index (χ0) is 18.8. The van der Waals surface area contributed by atoms with Gasteiger partial charge in [-0.05, 0) is 12.1 Å². The molecule has 142 valence electrons. The second-order valence-electron chi connectivity index (χ2n) is 5.40. The minimum atomic E-state index is -4.71. The molecule has 0 radical (unpaired) electrons. The number of piperazine rings is 1. The van der Waals surface area contributed by atoms with Gasteiger partial charge in [0.1, 0.15) is 6.04 Å². The lowest BCUT2D eigenvalue weighted by molar-refractivity contribution is -0.182. The number of benzene rings is 1. The first-order valence-corrected chi connectivity index (χ1v) is 8.66. The maximum Gasteiger partial charge on any atom is 0.405 e. The van der Waals surface area contributed by atoms with Crippen LogP contribution in [0.4, 0.5) is 26.3 Å². The van der Waals surface area contributed by atoms with Crippen LogP contribution >= 0.6 is 0 Å². The number of hydrogen-bond donors (Lipinski definition) is 2. The van der Waals surface area contributed by atoms with E-state index in [0.29, 0.717) is 13.1 Å². The van der Waals surface area contributed by atoms with Crippen molar-refractivity contribution in [2.24, 2.45) is 0 Å². The molecule has 0 aromatic heterocycles. The molecule has 1 atom stereocenters. The van der Waals surface area contributed by atoms with E-state index >= 15 is 0 Å². The third-order valence-corrected chi connectivity index (χ3v) is 5.11. The second kappa shape index (κ2) is 7.48. The normalized spacial score (nSPS) is 18.3. The average molecular weight is 391 g/mol. The molecule has 5 nitrogen and oxygen atoms in total. The van der Waals surface area contributed by atoms with Crippen molar-refractivity contribution in [2.75, 3.05) is 32.7 Å². The lowest BCUT2D eigenvalue weighted by Crippen LogP contribution is -2.57. The Morgan fingerprint density at radius 3 is 2.12 bits per heavy atom. The molecule has 1 saturated heterocycles. The largest absolute Gasteiger partial charge is 0.405 e. The minimum absolute atomic E-state index is 0.0612. The van der Waals surface area contributed by atoms with Crippen LogP contribution in [0.5, 0.6) is 0 Å². The van der Waals surface area contributed by atoms with Crippen molar-refractivity contribution in [3.63, 3.8) is 0 Å². The molecule has 1 aliphatic rings. The van der Waals surface area contributed by atoms with Crippen molar-refractivity contribution >= 4 is 10.0 Å². The Balaban J connectivity index is 2.18. The lowest BCUT2D eigenvalue weighted by Gasteiger charge is -2.35. The Bertz CT molecular complexity index is 696. The number of nitrogens with one attached hydrogen (secondary N) is 2. The van der Waals surface area contributed by atoms with Crippen LogP contribution in [0.25, 0.3) is 0 Å². The van der Waals surface area contributed by atoms with Crippen molar-refractivity contribution in [3.8, 4) is 0 Å². The Morgan fingerprint density at radius 1 is 1.12 bits per heavy atom. The summed E-state index contributed by atoms with van der Waals surface area (Å²) in [5.74, 6) is -5.38. The molecule has 1 aromatic rings. The van der Waals surface area contributed by atoms with E-state index in [4.69, 9.17) is 0 Å². The van der Waals surface area contributed by atoms with Crippen molar-refractivity contribution in [1.82, 2.24) is 14.9 Å². The van der Waals surface area contributed by atoms with Crippen LogP contribution in [-0.4, -0.2) is 58.3 Å². The van der Waals surface area contributed by atoms with Crippen molar-refractivity contribution in [1.29, 1.82) is 0 Å². The summed E-state index contributed by atoms with van der Waals surface area (Å²) < 4.78 is 104. The quantitative estimate of drug-likeness (QED) is 0.586. The molecule has 1 aromatic carbocycles. The van der Waals surface area contributed by atoms with Crippen molar-refractivity contribution in [2.45, 2.75) is 17.1 Å². The van der Waals surface area contributed by atoms with Gasteiger partial charge in [-0.2, -0.15) is 13.2 Å². The number of rotatable bonds is 5. The van der Waals surface area contributed by atoms with Crippen molar-refractivity contribution in [3.05, 3.63) is 29.6 Å². The summed E-state index contributed by atoms with van der Waals surface area (Å²) >= 11 is 0. The summed E-state index contributed by atoms with van der Waals surface area (Å²) in [5.41, 5.74) is 0. The van der Waals surface area contributed by atoms with Gasteiger partial charge in [-0.25, -0.2) is 26.3 Å². The highest BCUT2D eigenvalue weighted by Gasteiger charge is 2.44. The molecular formula is C13H15F6N3O2S. The highest BCUT2D eigenvalue weighted by Crippen LogP contribution is 2.25. The van der Waals surface area contributed by atoms with Gasteiger partial charge in [-0.1, -0.05) is 0 Å². The molecule has 1 unspecified atom stereocenters. The Morgan fingerprint density at radius 2 is 1.64 bits per heavy atom. The van der Waals surface area contributed by atoms with E-state index in [-0.39, 0.29) is 25.2 Å². The molecule has 25 heavy (non-hydrogen) atoms. The fourth-order valence-electron chi connectivity index (χ4n) is 2.41. The lowest BCUT2D eigenvalue weighted by atomic mass is 10.2. The average Bonchev–Trinajstić information content (AvgIpc) is 2.52. The summed E-state index contributed by atoms with van der Waals surface area (Å²) in [6.45, 7) is -0.286. The fraction of sp³-hybridized carbons (Fsp3) is 0.538. The van der Waals surface area contributed by atoms with Gasteiger partial charge in [0, 0.05) is 32.7 Å². The molecule has 2 rings (SSSR count). The minimum Gasteiger partial charge on any atom is -0.314 e. The van der Waals surface area contributed by atoms with Gasteiger partial charge in [0.15, 0.2) is 17.5 Å². The van der Waals surface area contributed by atoms with E-state index in [9.17, 15) is 34.8 Å². The molecule has 12 heteroatoms. The van der Waals surface area contributed by atoms with E-state index in [1.807, 2.05) is 0 Å². The predicted molar refractivity (Wildman–Crippen MR) is 75.8 cm³/mol. The van der Waals surface area contributed by atoms with Gasteiger partial charge in [-0.15, -0.1) is 0 Å². The SMILES string of the molecule is O=S(=O)(NCC(N1CCNCC1)C(F)(F)F)c1cc(F)c(F)c(F)c1. The van der Waals surface area contributed by atoms with Gasteiger partial charge in [0.2, 0.25) is 10.0 Å². The first-order chi connectivity index (χ1) is 11.5. The molecule has 1 heterocycles. The summed E-state index contributed by atoms with van der Waals surface area (Å²) in [6, 6.07) is -1.69. The highest BCUT2D eigenvalue weighted by molar-refractivity contribution is 7.89. The molecule has 2 N–H and O–H groups in total. The van der Waals surface area contributed by atoms with Gasteiger partial charge in [-0.3, -0.25) is 4.90 Å². The van der Waals surface area contributed by atoms with E-state index in [1.54, 1.807) is 4.72 Å². The number of hydrogen-bond acceptors (Lipinski definition) is 4. The third kappa shape index (κ3) is 4.84. The molecule has 0 aliphatic carbocycles. The third-order valence-electron chi connectivity index (χ3n) is 3.70. The molecule has 1 fully saturated rings. The van der Waals surface area contributed by atoms with Crippen molar-refractivity contribution < 1.29 is 34.8 Å². The molecular weight excluding hydrogens is 376 g/mol. The predicted octanol–water partition coefficient (Wildman–Crippen LogP) is 1.22. The van der Waals surface area contributed by atoms with E-state index < -0.39 is 51.1 Å². The highest BCUT2D eigenvalue weighted by atomic mass is 32.2. The summed E-state index contributed by atoms with van der Waals surface area (Å²) in [6.07, 6.45) is -4.71. The van der Waals surface area contributed by atoms with Crippen LogP contribution in [0.3, 0.4) is 0 Å². The number of halogens is 6. The van der Waals surface area contributed by atoms with Gasteiger partial charge in [0.25, 0.3) is 0 Å². The summed E-state index contributed by atoms with van der Waals surface area (Å²) in [7, 11) is -4.66. The molecule has 0 amide bonds. The monoisotopic (exact) mass is 391 g/mol. The molecule has 0 saturated carbocycles. The standard InChI is InChI=1S/C13H15F6N3O2S/c14-9-5-8(6-10(15)12(9)16)25(23,24)21-7-11(13(17,18)19)22-3-1-20-2-4-22/h5-6,11,20-21H,1-4,7H2. The van der Waals surface area contributed by atoms with Crippen LogP contribution in [0.2, 0.25) is 0 Å². The van der Waals surface area contributed by atoms with Gasteiger partial charge < -0.3 is 5.32 Å². The van der Waals surface area contributed by atoms with Crippen LogP contribution in [0.15, 0.2) is 17.0 Å². The van der Waals surface area contributed by atoms with Crippen LogP contribution in [0.1, 0.15) is 0 Å². The zero-order valence-electron chi connectivity index (χ0n) is 12.7. The van der Waals surface area contributed by atoms with Crippen LogP contribution in [0, 0.1) is 17.5 Å². The number of alkyl halides is 3. The zero-order valence-corrected chi connectivity index (χ0v) is 13.5. The first-order valence-electron chi connectivity index (χ1n) is 7.18. The smallest absolute Gasteiger partial charge is 0.314 e. The second-order valence-corrected chi connectivity index (χ2v) is 7.16. The topological polar surface area (TPSA) is 61.4 Å². The summed E-state index contributed by atoms with van der Waals surface area (Å²) in [4.78, 5) is 0.0651. The molecule has 1 aliphatic heterocycles. The van der Waals surface area contributed by atoms with Crippen LogP contribution in [-0.2, 0) is 10.0 Å². The van der Waals surface area contributed by atoms with Crippen LogP contribution < -0.4 is 10.0 Å². The van der Waals surface area contributed by atoms with Gasteiger partial charge in [0.05, 0.1) is 4.90 Å². The Hall–Kier alpha value is -1.37. The fourth-order valence-corrected chi connectivity index (χ4v) is 3.47. The summed E-state index contributed by atoms with van der Waals surface area (Å²) in [5, 5.41) is 2.87. The number of nitrogens with zero attached hydrogens (tertiary/aromatic N) is 1. The first kappa shape index (κ1) is 19.9. The molecule has 0 bridgehead atoms. The van der Waals surface area contributed by atoms with Gasteiger partial charge >= 0.3 is 6.18 Å².